The van der Waals surface area contributed by atoms with Gasteiger partial charge in [-0.3, -0.25) is 0 Å². The van der Waals surface area contributed by atoms with Gasteiger partial charge in [0.1, 0.15) is 6.10 Å². The summed E-state index contributed by atoms with van der Waals surface area (Å²) in [5.41, 5.74) is 0. The lowest BCUT2D eigenvalue weighted by molar-refractivity contribution is -0.193. The predicted octanol–water partition coefficient (Wildman–Crippen LogP) is 2.57. The van der Waals surface area contributed by atoms with Gasteiger partial charge in [0.2, 0.25) is 0 Å². The molecule has 0 heterocycles. The zero-order chi connectivity index (χ0) is 11.7. The van der Waals surface area contributed by atoms with Crippen molar-refractivity contribution in [1.29, 1.82) is 0 Å². The predicted molar refractivity (Wildman–Crippen MR) is 61.7 cm³/mol. The summed E-state index contributed by atoms with van der Waals surface area (Å²) >= 11 is 0. The van der Waals surface area contributed by atoms with Gasteiger partial charge < -0.3 is 14.6 Å². The van der Waals surface area contributed by atoms with E-state index in [2.05, 4.69) is 13.8 Å². The van der Waals surface area contributed by atoms with Crippen LogP contribution in [0, 0.1) is 5.92 Å². The van der Waals surface area contributed by atoms with Gasteiger partial charge in [-0.15, -0.1) is 0 Å². The van der Waals surface area contributed by atoms with E-state index in [1.165, 1.54) is 0 Å². The lowest BCUT2D eigenvalue weighted by atomic mass is 9.98. The standard InChI is InChI=1S/C12H26O3/c1-5-8-10(4)9-11(13)12(14-6-2)15-7-3/h10-13H,5-9H2,1-4H3. The van der Waals surface area contributed by atoms with E-state index in [1.807, 2.05) is 13.8 Å². The van der Waals surface area contributed by atoms with E-state index in [0.717, 1.165) is 19.3 Å². The molecule has 3 nitrogen and oxygen atoms in total. The third-order valence-corrected chi connectivity index (χ3v) is 2.40. The summed E-state index contributed by atoms with van der Waals surface area (Å²) in [6, 6.07) is 0. The van der Waals surface area contributed by atoms with E-state index in [-0.39, 0.29) is 0 Å². The zero-order valence-electron chi connectivity index (χ0n) is 10.5. The molecule has 0 aliphatic carbocycles. The Bertz CT molecular complexity index is 133. The summed E-state index contributed by atoms with van der Waals surface area (Å²) in [5.74, 6) is 0.522. The molecule has 0 aromatic carbocycles. The van der Waals surface area contributed by atoms with Crippen LogP contribution in [0.25, 0.3) is 0 Å². The van der Waals surface area contributed by atoms with Crippen molar-refractivity contribution in [3.05, 3.63) is 0 Å². The fourth-order valence-electron chi connectivity index (χ4n) is 1.73. The SMILES string of the molecule is CCCC(C)CC(O)C(OCC)OCC. The normalized spacial score (nSPS) is 15.6. The van der Waals surface area contributed by atoms with Crippen molar-refractivity contribution in [2.75, 3.05) is 13.2 Å². The molecule has 0 spiro atoms. The molecular formula is C12H26O3. The van der Waals surface area contributed by atoms with E-state index in [4.69, 9.17) is 9.47 Å². The molecule has 2 atom stereocenters. The maximum Gasteiger partial charge on any atom is 0.183 e. The lowest BCUT2D eigenvalue weighted by Crippen LogP contribution is -2.33. The first-order chi connectivity index (χ1) is 7.15. The quantitative estimate of drug-likeness (QED) is 0.604. The minimum absolute atomic E-state index is 0.459. The van der Waals surface area contributed by atoms with E-state index in [9.17, 15) is 5.11 Å². The van der Waals surface area contributed by atoms with Gasteiger partial charge in [0.15, 0.2) is 6.29 Å². The molecule has 0 fully saturated rings. The maximum atomic E-state index is 9.92. The number of ether oxygens (including phenoxy) is 2. The van der Waals surface area contributed by atoms with Gasteiger partial charge in [-0.05, 0) is 26.2 Å². The van der Waals surface area contributed by atoms with Crippen molar-refractivity contribution in [2.24, 2.45) is 5.92 Å². The molecule has 1 N–H and O–H groups in total. The molecule has 0 saturated heterocycles. The molecule has 0 aromatic heterocycles. The molecule has 0 aromatic rings. The van der Waals surface area contributed by atoms with Crippen LogP contribution in [-0.4, -0.2) is 30.7 Å². The number of aliphatic hydroxyl groups excluding tert-OH is 1. The Balaban J connectivity index is 3.93. The molecule has 2 unspecified atom stereocenters. The topological polar surface area (TPSA) is 38.7 Å². The highest BCUT2D eigenvalue weighted by Gasteiger charge is 2.21. The average Bonchev–Trinajstić information content (AvgIpc) is 2.17. The summed E-state index contributed by atoms with van der Waals surface area (Å²) < 4.78 is 10.7. The molecule has 0 saturated carbocycles. The van der Waals surface area contributed by atoms with Crippen LogP contribution in [0.2, 0.25) is 0 Å². The van der Waals surface area contributed by atoms with Crippen LogP contribution in [0.3, 0.4) is 0 Å². The Kier molecular flexibility index (Phi) is 9.06. The molecule has 0 radical (unpaired) electrons. The van der Waals surface area contributed by atoms with Crippen LogP contribution in [-0.2, 0) is 9.47 Å². The van der Waals surface area contributed by atoms with Crippen LogP contribution in [0.4, 0.5) is 0 Å². The molecule has 0 aliphatic rings. The Morgan fingerprint density at radius 3 is 2.00 bits per heavy atom. The molecule has 0 amide bonds. The fourth-order valence-corrected chi connectivity index (χ4v) is 1.73. The monoisotopic (exact) mass is 218 g/mol. The van der Waals surface area contributed by atoms with Gasteiger partial charge in [-0.2, -0.15) is 0 Å². The highest BCUT2D eigenvalue weighted by Crippen LogP contribution is 2.16. The number of hydrogen-bond donors (Lipinski definition) is 1. The van der Waals surface area contributed by atoms with Crippen molar-refractivity contribution >= 4 is 0 Å². The Labute approximate surface area is 93.8 Å². The summed E-state index contributed by atoms with van der Waals surface area (Å²) in [5, 5.41) is 9.92. The molecule has 0 rings (SSSR count). The molecule has 0 bridgehead atoms. The first-order valence-electron chi connectivity index (χ1n) is 6.06. The van der Waals surface area contributed by atoms with Crippen LogP contribution >= 0.6 is 0 Å². The number of rotatable bonds is 9. The third kappa shape index (κ3) is 6.88. The van der Waals surface area contributed by atoms with E-state index in [0.29, 0.717) is 19.1 Å². The molecule has 15 heavy (non-hydrogen) atoms. The van der Waals surface area contributed by atoms with Crippen molar-refractivity contribution in [2.45, 2.75) is 59.4 Å². The second-order valence-electron chi connectivity index (χ2n) is 3.98. The lowest BCUT2D eigenvalue weighted by Gasteiger charge is -2.24. The van der Waals surface area contributed by atoms with Crippen molar-refractivity contribution in [1.82, 2.24) is 0 Å². The highest BCUT2D eigenvalue weighted by atomic mass is 16.7. The zero-order valence-corrected chi connectivity index (χ0v) is 10.5. The largest absolute Gasteiger partial charge is 0.388 e. The Hall–Kier alpha value is -0.120. The Morgan fingerprint density at radius 1 is 1.07 bits per heavy atom. The fraction of sp³-hybridized carbons (Fsp3) is 1.00. The van der Waals surface area contributed by atoms with Gasteiger partial charge in [-0.25, -0.2) is 0 Å². The van der Waals surface area contributed by atoms with Gasteiger partial charge in [0, 0.05) is 13.2 Å². The Morgan fingerprint density at radius 2 is 1.60 bits per heavy atom. The summed E-state index contributed by atoms with van der Waals surface area (Å²) in [4.78, 5) is 0. The van der Waals surface area contributed by atoms with Crippen LogP contribution in [0.15, 0.2) is 0 Å². The van der Waals surface area contributed by atoms with Gasteiger partial charge in [0.25, 0.3) is 0 Å². The highest BCUT2D eigenvalue weighted by molar-refractivity contribution is 4.65. The molecule has 3 heteroatoms. The van der Waals surface area contributed by atoms with Crippen molar-refractivity contribution < 1.29 is 14.6 Å². The molecule has 92 valence electrons. The second kappa shape index (κ2) is 9.13. The van der Waals surface area contributed by atoms with Gasteiger partial charge in [-0.1, -0.05) is 26.7 Å². The first-order valence-corrected chi connectivity index (χ1v) is 6.06. The summed E-state index contributed by atoms with van der Waals surface area (Å²) in [7, 11) is 0. The van der Waals surface area contributed by atoms with Crippen molar-refractivity contribution in [3.63, 3.8) is 0 Å². The van der Waals surface area contributed by atoms with E-state index in [1.54, 1.807) is 0 Å². The van der Waals surface area contributed by atoms with Crippen LogP contribution < -0.4 is 0 Å². The smallest absolute Gasteiger partial charge is 0.183 e. The maximum absolute atomic E-state index is 9.92. The molecular weight excluding hydrogens is 192 g/mol. The number of hydrogen-bond acceptors (Lipinski definition) is 3. The summed E-state index contributed by atoms with van der Waals surface area (Å²) in [6.45, 7) is 9.28. The van der Waals surface area contributed by atoms with E-state index < -0.39 is 12.4 Å². The van der Waals surface area contributed by atoms with Crippen LogP contribution in [0.5, 0.6) is 0 Å². The third-order valence-electron chi connectivity index (χ3n) is 2.40. The minimum Gasteiger partial charge on any atom is -0.388 e. The second-order valence-corrected chi connectivity index (χ2v) is 3.98. The van der Waals surface area contributed by atoms with Gasteiger partial charge >= 0.3 is 0 Å². The first kappa shape index (κ1) is 14.9. The number of aliphatic hydroxyl groups is 1. The van der Waals surface area contributed by atoms with E-state index >= 15 is 0 Å². The molecule has 0 aliphatic heterocycles. The minimum atomic E-state index is -0.508. The van der Waals surface area contributed by atoms with Crippen LogP contribution in [0.1, 0.15) is 47.0 Å². The average molecular weight is 218 g/mol. The van der Waals surface area contributed by atoms with Gasteiger partial charge in [0.05, 0.1) is 0 Å². The van der Waals surface area contributed by atoms with Crippen molar-refractivity contribution in [3.8, 4) is 0 Å². The summed E-state index contributed by atoms with van der Waals surface area (Å²) in [6.07, 6.45) is 2.08.